The third-order valence-corrected chi connectivity index (χ3v) is 5.88. The number of thiophene rings is 1. The summed E-state index contributed by atoms with van der Waals surface area (Å²) in [5.74, 6) is 0.628. The molecule has 1 aliphatic carbocycles. The molecule has 0 saturated heterocycles. The van der Waals surface area contributed by atoms with Gasteiger partial charge in [0.05, 0.1) is 17.8 Å². The first-order chi connectivity index (χ1) is 13.1. The van der Waals surface area contributed by atoms with Gasteiger partial charge < -0.3 is 9.84 Å². The van der Waals surface area contributed by atoms with Crippen LogP contribution in [0.1, 0.15) is 43.1 Å². The first-order valence-electron chi connectivity index (χ1n) is 9.16. The fourth-order valence-corrected chi connectivity index (χ4v) is 4.57. The highest BCUT2D eigenvalue weighted by Gasteiger charge is 2.23. The zero-order valence-electron chi connectivity index (χ0n) is 15.4. The number of rotatable bonds is 4. The Morgan fingerprint density at radius 3 is 2.81 bits per heavy atom. The highest BCUT2D eigenvalue weighted by atomic mass is 32.1. The van der Waals surface area contributed by atoms with Crippen LogP contribution in [-0.2, 0) is 6.42 Å². The molecule has 3 nitrogen and oxygen atoms in total. The molecule has 1 N–H and O–H groups in total. The van der Waals surface area contributed by atoms with Gasteiger partial charge >= 0.3 is 0 Å². The molecule has 0 amide bonds. The Balaban J connectivity index is 1.69. The molecule has 0 radical (unpaired) electrons. The second kappa shape index (κ2) is 7.19. The predicted octanol–water partition coefficient (Wildman–Crippen LogP) is 5.72. The highest BCUT2D eigenvalue weighted by molar-refractivity contribution is 7.14. The van der Waals surface area contributed by atoms with E-state index in [4.69, 9.17) is 4.74 Å². The van der Waals surface area contributed by atoms with E-state index in [1.54, 1.807) is 11.3 Å². The second-order valence-corrected chi connectivity index (χ2v) is 8.03. The Kier molecular flexibility index (Phi) is 4.73. The molecule has 0 saturated carbocycles. The van der Waals surface area contributed by atoms with Crippen molar-refractivity contribution in [1.29, 1.82) is 5.26 Å². The minimum atomic E-state index is -0.343. The Morgan fingerprint density at radius 1 is 1.19 bits per heavy atom. The number of nitriles is 1. The minimum absolute atomic E-state index is 0.0341. The molecule has 1 aromatic heterocycles. The fraction of sp³-hybridized carbons (Fsp3) is 0.261. The Hall–Kier alpha value is -2.61. The molecule has 0 fully saturated rings. The van der Waals surface area contributed by atoms with E-state index in [2.05, 4.69) is 23.6 Å². The Bertz CT molecular complexity index is 1030. The smallest absolute Gasteiger partial charge is 0.137 e. The Morgan fingerprint density at radius 2 is 2.04 bits per heavy atom. The maximum atomic E-state index is 10.1. The van der Waals surface area contributed by atoms with Crippen LogP contribution in [0.25, 0.3) is 21.6 Å². The van der Waals surface area contributed by atoms with Crippen molar-refractivity contribution in [2.45, 2.75) is 38.9 Å². The molecule has 2 aromatic carbocycles. The lowest BCUT2D eigenvalue weighted by molar-refractivity contribution is 0.180. The summed E-state index contributed by atoms with van der Waals surface area (Å²) < 4.78 is 5.72. The van der Waals surface area contributed by atoms with Gasteiger partial charge in [-0.15, -0.1) is 11.3 Å². The van der Waals surface area contributed by atoms with Gasteiger partial charge in [-0.3, -0.25) is 0 Å². The van der Waals surface area contributed by atoms with Gasteiger partial charge in [0.25, 0.3) is 0 Å². The van der Waals surface area contributed by atoms with E-state index in [1.807, 2.05) is 44.2 Å². The molecule has 1 heterocycles. The van der Waals surface area contributed by atoms with Gasteiger partial charge in [0.2, 0.25) is 0 Å². The van der Waals surface area contributed by atoms with Gasteiger partial charge in [-0.05, 0) is 84.2 Å². The predicted molar refractivity (Wildman–Crippen MR) is 109 cm³/mol. The summed E-state index contributed by atoms with van der Waals surface area (Å²) in [4.78, 5) is 1.12. The molecule has 1 aliphatic rings. The van der Waals surface area contributed by atoms with Crippen molar-refractivity contribution in [1.82, 2.24) is 0 Å². The zero-order valence-corrected chi connectivity index (χ0v) is 16.2. The maximum absolute atomic E-state index is 10.1. The van der Waals surface area contributed by atoms with Crippen molar-refractivity contribution in [3.63, 3.8) is 0 Å². The number of aliphatic hydroxyl groups is 1. The number of fused-ring (bicyclic) bond motifs is 1. The monoisotopic (exact) mass is 375 g/mol. The second-order valence-electron chi connectivity index (χ2n) is 7.12. The van der Waals surface area contributed by atoms with E-state index in [0.717, 1.165) is 28.8 Å². The fourth-order valence-electron chi connectivity index (χ4n) is 3.66. The number of nitrogens with zero attached hydrogens (tertiary/aromatic N) is 1. The maximum Gasteiger partial charge on any atom is 0.137 e. The molecular weight excluding hydrogens is 354 g/mol. The first-order valence-corrected chi connectivity index (χ1v) is 10.0. The van der Waals surface area contributed by atoms with Crippen molar-refractivity contribution >= 4 is 11.3 Å². The lowest BCUT2D eigenvalue weighted by Crippen LogP contribution is -2.06. The van der Waals surface area contributed by atoms with Crippen LogP contribution in [0.4, 0.5) is 0 Å². The molecule has 0 unspecified atom stereocenters. The van der Waals surface area contributed by atoms with E-state index >= 15 is 0 Å². The SMILES string of the molecule is CC(C)Oc1ccc(-c2cc(-c3cccc4c3CC[C@H]4O)cs2)cc1C#N. The quantitative estimate of drug-likeness (QED) is 0.634. The van der Waals surface area contributed by atoms with Crippen LogP contribution in [0.3, 0.4) is 0 Å². The van der Waals surface area contributed by atoms with E-state index < -0.39 is 0 Å². The number of aliphatic hydroxyl groups excluding tert-OH is 1. The van der Waals surface area contributed by atoms with E-state index in [-0.39, 0.29) is 12.2 Å². The van der Waals surface area contributed by atoms with Crippen LogP contribution in [0.2, 0.25) is 0 Å². The molecule has 0 spiro atoms. The van der Waals surface area contributed by atoms with Gasteiger partial charge in [0.1, 0.15) is 11.8 Å². The number of hydrogen-bond acceptors (Lipinski definition) is 4. The van der Waals surface area contributed by atoms with Crippen molar-refractivity contribution in [2.24, 2.45) is 0 Å². The van der Waals surface area contributed by atoms with Crippen LogP contribution >= 0.6 is 11.3 Å². The zero-order chi connectivity index (χ0) is 19.0. The van der Waals surface area contributed by atoms with Gasteiger partial charge in [-0.1, -0.05) is 18.2 Å². The van der Waals surface area contributed by atoms with Crippen LogP contribution in [0.15, 0.2) is 47.8 Å². The average molecular weight is 375 g/mol. The molecular formula is C23H21NO2S. The largest absolute Gasteiger partial charge is 0.490 e. The van der Waals surface area contributed by atoms with Gasteiger partial charge in [-0.25, -0.2) is 0 Å². The summed E-state index contributed by atoms with van der Waals surface area (Å²) in [5, 5.41) is 21.8. The standard InChI is InChI=1S/C23H21NO2S/c1-14(2)26-22-9-6-15(10-16(22)12-24)23-11-17(13-27-23)18-4-3-5-20-19(18)7-8-21(20)25/h3-6,9-11,13-14,21,25H,7-8H2,1-2H3/t21-/m1/s1. The minimum Gasteiger partial charge on any atom is -0.490 e. The summed E-state index contributed by atoms with van der Waals surface area (Å²) in [7, 11) is 0. The van der Waals surface area contributed by atoms with Crippen molar-refractivity contribution in [3.05, 3.63) is 64.5 Å². The number of benzene rings is 2. The summed E-state index contributed by atoms with van der Waals surface area (Å²) in [6.45, 7) is 3.91. The number of hydrogen-bond donors (Lipinski definition) is 1. The molecule has 0 bridgehead atoms. The summed E-state index contributed by atoms with van der Waals surface area (Å²) >= 11 is 1.67. The summed E-state index contributed by atoms with van der Waals surface area (Å²) in [6, 6.07) is 16.4. The lowest BCUT2D eigenvalue weighted by Gasteiger charge is -2.11. The van der Waals surface area contributed by atoms with Crippen LogP contribution in [0, 0.1) is 11.3 Å². The van der Waals surface area contributed by atoms with E-state index in [1.165, 1.54) is 16.7 Å². The Labute approximate surface area is 163 Å². The van der Waals surface area contributed by atoms with E-state index in [9.17, 15) is 10.4 Å². The third-order valence-electron chi connectivity index (χ3n) is 4.90. The van der Waals surface area contributed by atoms with Gasteiger partial charge in [-0.2, -0.15) is 5.26 Å². The lowest BCUT2D eigenvalue weighted by atomic mass is 9.98. The van der Waals surface area contributed by atoms with Gasteiger partial charge in [0, 0.05) is 4.88 Å². The third kappa shape index (κ3) is 3.37. The topological polar surface area (TPSA) is 53.2 Å². The van der Waals surface area contributed by atoms with Crippen LogP contribution in [0.5, 0.6) is 5.75 Å². The molecule has 4 rings (SSSR count). The molecule has 1 atom stereocenters. The van der Waals surface area contributed by atoms with Crippen molar-refractivity contribution in [2.75, 3.05) is 0 Å². The molecule has 27 heavy (non-hydrogen) atoms. The average Bonchev–Trinajstić information content (AvgIpc) is 3.29. The molecule has 0 aliphatic heterocycles. The number of ether oxygens (including phenoxy) is 1. The van der Waals surface area contributed by atoms with Crippen molar-refractivity contribution < 1.29 is 9.84 Å². The molecule has 136 valence electrons. The normalized spacial score (nSPS) is 15.6. The van der Waals surface area contributed by atoms with Crippen LogP contribution in [-0.4, -0.2) is 11.2 Å². The first kappa shape index (κ1) is 17.8. The molecule has 3 aromatic rings. The summed E-state index contributed by atoms with van der Waals surface area (Å²) in [5.41, 5.74) is 6.26. The molecule has 4 heteroatoms. The van der Waals surface area contributed by atoms with E-state index in [0.29, 0.717) is 11.3 Å². The van der Waals surface area contributed by atoms with Crippen molar-refractivity contribution in [3.8, 4) is 33.4 Å². The summed E-state index contributed by atoms with van der Waals surface area (Å²) in [6.07, 6.45) is 1.40. The van der Waals surface area contributed by atoms with Crippen LogP contribution < -0.4 is 4.74 Å². The highest BCUT2D eigenvalue weighted by Crippen LogP contribution is 2.40. The van der Waals surface area contributed by atoms with Gasteiger partial charge in [0.15, 0.2) is 0 Å².